The molecule has 1 aliphatic rings. The number of hydrogen-bond acceptors (Lipinski definition) is 3. The Labute approximate surface area is 149 Å². The highest BCUT2D eigenvalue weighted by atomic mass is 16.5. The minimum atomic E-state index is 0.0360. The van der Waals surface area contributed by atoms with Crippen molar-refractivity contribution in [3.63, 3.8) is 0 Å². The van der Waals surface area contributed by atoms with Crippen LogP contribution in [0, 0.1) is 0 Å². The van der Waals surface area contributed by atoms with Crippen LogP contribution >= 0.6 is 0 Å². The minimum absolute atomic E-state index is 0.0360. The van der Waals surface area contributed by atoms with Gasteiger partial charge in [0.25, 0.3) is 5.91 Å². The molecule has 2 atom stereocenters. The largest absolute Gasteiger partial charge is 0.483 e. The van der Waals surface area contributed by atoms with Crippen molar-refractivity contribution in [1.82, 2.24) is 4.90 Å². The number of hydrogen-bond donors (Lipinski definition) is 1. The molecule has 2 aromatic carbocycles. The van der Waals surface area contributed by atoms with Crippen LogP contribution in [-0.4, -0.2) is 36.0 Å². The Kier molecular flexibility index (Phi) is 5.71. The molecule has 132 valence electrons. The van der Waals surface area contributed by atoms with Crippen LogP contribution in [0.2, 0.25) is 0 Å². The highest BCUT2D eigenvalue weighted by molar-refractivity contribution is 5.78. The topological polar surface area (TPSA) is 55.6 Å². The standard InChI is InChI=1S/C21H26N2O2/c1-16-13-19(22)11-12-23(16)21(24)15-25-20-10-6-5-9-18(20)14-17-7-3-2-4-8-17/h2-10,16,19H,11-15,22H2,1H3. The molecule has 3 rings (SSSR count). The summed E-state index contributed by atoms with van der Waals surface area (Å²) in [7, 11) is 0. The number of ether oxygens (including phenoxy) is 1. The average molecular weight is 338 g/mol. The maximum atomic E-state index is 12.5. The summed E-state index contributed by atoms with van der Waals surface area (Å²) >= 11 is 0. The Morgan fingerprint density at radius 2 is 1.88 bits per heavy atom. The van der Waals surface area contributed by atoms with E-state index in [4.69, 9.17) is 10.5 Å². The van der Waals surface area contributed by atoms with E-state index in [1.54, 1.807) is 0 Å². The van der Waals surface area contributed by atoms with Crippen molar-refractivity contribution in [2.45, 2.75) is 38.3 Å². The van der Waals surface area contributed by atoms with Crippen molar-refractivity contribution in [3.05, 3.63) is 65.7 Å². The molecule has 2 unspecified atom stereocenters. The van der Waals surface area contributed by atoms with Crippen LogP contribution in [0.25, 0.3) is 0 Å². The summed E-state index contributed by atoms with van der Waals surface area (Å²) in [5.74, 6) is 0.815. The first-order chi connectivity index (χ1) is 12.1. The number of carbonyl (C=O) groups excluding carboxylic acids is 1. The van der Waals surface area contributed by atoms with E-state index in [0.717, 1.165) is 37.1 Å². The fourth-order valence-electron chi connectivity index (χ4n) is 3.41. The molecule has 0 spiro atoms. The van der Waals surface area contributed by atoms with Gasteiger partial charge in [-0.2, -0.15) is 0 Å². The average Bonchev–Trinajstić information content (AvgIpc) is 2.61. The minimum Gasteiger partial charge on any atom is -0.483 e. The van der Waals surface area contributed by atoms with Crippen molar-refractivity contribution in [3.8, 4) is 5.75 Å². The van der Waals surface area contributed by atoms with E-state index in [-0.39, 0.29) is 24.6 Å². The summed E-state index contributed by atoms with van der Waals surface area (Å²) in [6, 6.07) is 18.6. The predicted octanol–water partition coefficient (Wildman–Crippen LogP) is 2.99. The molecule has 0 saturated carbocycles. The number of amides is 1. The van der Waals surface area contributed by atoms with Crippen LogP contribution in [0.15, 0.2) is 54.6 Å². The van der Waals surface area contributed by atoms with Crippen LogP contribution in [0.4, 0.5) is 0 Å². The van der Waals surface area contributed by atoms with Crippen molar-refractivity contribution >= 4 is 5.91 Å². The first-order valence-corrected chi connectivity index (χ1v) is 8.93. The number of para-hydroxylation sites is 1. The number of nitrogens with zero attached hydrogens (tertiary/aromatic N) is 1. The maximum absolute atomic E-state index is 12.5. The molecule has 4 nitrogen and oxygen atoms in total. The molecule has 4 heteroatoms. The van der Waals surface area contributed by atoms with Crippen molar-refractivity contribution in [1.29, 1.82) is 0 Å². The van der Waals surface area contributed by atoms with Gasteiger partial charge < -0.3 is 15.4 Å². The van der Waals surface area contributed by atoms with Gasteiger partial charge in [-0.25, -0.2) is 0 Å². The summed E-state index contributed by atoms with van der Waals surface area (Å²) < 4.78 is 5.88. The Bertz CT molecular complexity index is 702. The van der Waals surface area contributed by atoms with Crippen LogP contribution in [0.1, 0.15) is 30.9 Å². The second-order valence-corrected chi connectivity index (χ2v) is 6.78. The third-order valence-electron chi connectivity index (χ3n) is 4.80. The summed E-state index contributed by atoms with van der Waals surface area (Å²) in [6.45, 7) is 2.85. The van der Waals surface area contributed by atoms with E-state index in [9.17, 15) is 4.79 Å². The summed E-state index contributed by atoms with van der Waals surface area (Å²) in [5, 5.41) is 0. The van der Waals surface area contributed by atoms with Gasteiger partial charge in [-0.05, 0) is 37.0 Å². The van der Waals surface area contributed by atoms with Crippen LogP contribution < -0.4 is 10.5 Å². The molecule has 1 amide bonds. The van der Waals surface area contributed by atoms with Crippen LogP contribution in [-0.2, 0) is 11.2 Å². The van der Waals surface area contributed by atoms with E-state index in [0.29, 0.717) is 0 Å². The lowest BCUT2D eigenvalue weighted by Crippen LogP contribution is -2.49. The molecule has 0 bridgehead atoms. The molecule has 1 aliphatic heterocycles. The molecule has 1 fully saturated rings. The van der Waals surface area contributed by atoms with Gasteiger partial charge >= 0.3 is 0 Å². The number of likely N-dealkylation sites (tertiary alicyclic amines) is 1. The SMILES string of the molecule is CC1CC(N)CCN1C(=O)COc1ccccc1Cc1ccccc1. The Balaban J connectivity index is 1.62. The van der Waals surface area contributed by atoms with E-state index < -0.39 is 0 Å². The molecular formula is C21H26N2O2. The normalized spacial score (nSPS) is 20.3. The lowest BCUT2D eigenvalue weighted by Gasteiger charge is -2.36. The van der Waals surface area contributed by atoms with Gasteiger partial charge in [-0.1, -0.05) is 48.5 Å². The van der Waals surface area contributed by atoms with Crippen molar-refractivity contribution in [2.75, 3.05) is 13.2 Å². The van der Waals surface area contributed by atoms with Gasteiger partial charge in [0.2, 0.25) is 0 Å². The molecule has 1 saturated heterocycles. The monoisotopic (exact) mass is 338 g/mol. The number of rotatable bonds is 5. The van der Waals surface area contributed by atoms with Gasteiger partial charge in [0.05, 0.1) is 0 Å². The highest BCUT2D eigenvalue weighted by Crippen LogP contribution is 2.22. The van der Waals surface area contributed by atoms with Gasteiger partial charge in [0.1, 0.15) is 5.75 Å². The molecule has 0 radical (unpaired) electrons. The predicted molar refractivity (Wildman–Crippen MR) is 99.6 cm³/mol. The Hall–Kier alpha value is -2.33. The Morgan fingerprint density at radius 1 is 1.16 bits per heavy atom. The second-order valence-electron chi connectivity index (χ2n) is 6.78. The van der Waals surface area contributed by atoms with Crippen molar-refractivity contribution < 1.29 is 9.53 Å². The Morgan fingerprint density at radius 3 is 2.64 bits per heavy atom. The number of piperidine rings is 1. The molecule has 25 heavy (non-hydrogen) atoms. The molecule has 0 aliphatic carbocycles. The third-order valence-corrected chi connectivity index (χ3v) is 4.80. The lowest BCUT2D eigenvalue weighted by molar-refractivity contribution is -0.136. The highest BCUT2D eigenvalue weighted by Gasteiger charge is 2.27. The van der Waals surface area contributed by atoms with E-state index in [2.05, 4.69) is 25.1 Å². The van der Waals surface area contributed by atoms with Crippen molar-refractivity contribution in [2.24, 2.45) is 5.73 Å². The summed E-state index contributed by atoms with van der Waals surface area (Å²) in [4.78, 5) is 14.4. The van der Waals surface area contributed by atoms with Gasteiger partial charge in [-0.15, -0.1) is 0 Å². The number of carbonyl (C=O) groups is 1. The number of nitrogens with two attached hydrogens (primary N) is 1. The van der Waals surface area contributed by atoms with E-state index in [1.807, 2.05) is 41.3 Å². The van der Waals surface area contributed by atoms with Crippen LogP contribution in [0.5, 0.6) is 5.75 Å². The summed E-state index contributed by atoms with van der Waals surface area (Å²) in [6.07, 6.45) is 2.51. The van der Waals surface area contributed by atoms with Gasteiger partial charge in [-0.3, -0.25) is 4.79 Å². The van der Waals surface area contributed by atoms with Gasteiger partial charge in [0.15, 0.2) is 6.61 Å². The molecule has 2 N–H and O–H groups in total. The molecule has 1 heterocycles. The summed E-state index contributed by atoms with van der Waals surface area (Å²) in [5.41, 5.74) is 8.29. The first-order valence-electron chi connectivity index (χ1n) is 8.93. The zero-order chi connectivity index (χ0) is 17.6. The number of benzene rings is 2. The fraction of sp³-hybridized carbons (Fsp3) is 0.381. The molecule has 2 aromatic rings. The quantitative estimate of drug-likeness (QED) is 0.912. The third kappa shape index (κ3) is 4.60. The zero-order valence-electron chi connectivity index (χ0n) is 14.7. The van der Waals surface area contributed by atoms with E-state index in [1.165, 1.54) is 5.56 Å². The first kappa shape index (κ1) is 17.5. The van der Waals surface area contributed by atoms with Crippen LogP contribution in [0.3, 0.4) is 0 Å². The molecular weight excluding hydrogens is 312 g/mol. The maximum Gasteiger partial charge on any atom is 0.260 e. The smallest absolute Gasteiger partial charge is 0.260 e. The van der Waals surface area contributed by atoms with E-state index >= 15 is 0 Å². The second kappa shape index (κ2) is 8.17. The fourth-order valence-corrected chi connectivity index (χ4v) is 3.41. The lowest BCUT2D eigenvalue weighted by atomic mass is 9.99. The zero-order valence-corrected chi connectivity index (χ0v) is 14.7. The van der Waals surface area contributed by atoms with Gasteiger partial charge in [0, 0.05) is 25.0 Å². The molecule has 0 aromatic heterocycles.